The van der Waals surface area contributed by atoms with E-state index < -0.39 is 0 Å². The van der Waals surface area contributed by atoms with Crippen LogP contribution >= 0.6 is 0 Å². The van der Waals surface area contributed by atoms with Crippen LogP contribution in [0.5, 0.6) is 0 Å². The minimum atomic E-state index is -0.274. The summed E-state index contributed by atoms with van der Waals surface area (Å²) in [5, 5.41) is 3.14. The van der Waals surface area contributed by atoms with Gasteiger partial charge in [-0.1, -0.05) is 54.6 Å². The van der Waals surface area contributed by atoms with Gasteiger partial charge in [0.25, 0.3) is 0 Å². The van der Waals surface area contributed by atoms with E-state index in [1.807, 2.05) is 30.3 Å². The van der Waals surface area contributed by atoms with Gasteiger partial charge in [-0.2, -0.15) is 0 Å². The second-order valence-electron chi connectivity index (χ2n) is 5.89. The fraction of sp³-hybridized carbons (Fsp3) is 0.250. The predicted octanol–water partition coefficient (Wildman–Crippen LogP) is 4.39. The third-order valence-electron chi connectivity index (χ3n) is 4.26. The molecule has 0 bridgehead atoms. The van der Waals surface area contributed by atoms with Crippen molar-refractivity contribution in [3.8, 4) is 0 Å². The maximum atomic E-state index is 13.2. The van der Waals surface area contributed by atoms with Gasteiger partial charge in [-0.3, -0.25) is 4.79 Å². The van der Waals surface area contributed by atoms with Crippen LogP contribution in [0.15, 0.2) is 66.7 Å². The summed E-state index contributed by atoms with van der Waals surface area (Å²) in [6.07, 6.45) is 6.82. The van der Waals surface area contributed by atoms with Gasteiger partial charge in [-0.15, -0.1) is 0 Å². The van der Waals surface area contributed by atoms with Gasteiger partial charge in [0.2, 0.25) is 5.91 Å². The molecule has 2 atom stereocenters. The van der Waals surface area contributed by atoms with Crippen LogP contribution in [0.4, 0.5) is 4.39 Å². The quantitative estimate of drug-likeness (QED) is 0.834. The summed E-state index contributed by atoms with van der Waals surface area (Å²) in [4.78, 5) is 12.6. The summed E-state index contributed by atoms with van der Waals surface area (Å²) in [6, 6.07) is 15.9. The first-order valence-electron chi connectivity index (χ1n) is 8.00. The lowest BCUT2D eigenvalue weighted by Crippen LogP contribution is -2.35. The molecule has 1 amide bonds. The molecule has 118 valence electrons. The monoisotopic (exact) mass is 309 g/mol. The van der Waals surface area contributed by atoms with E-state index in [9.17, 15) is 9.18 Å². The maximum Gasteiger partial charge on any atom is 0.224 e. The molecule has 23 heavy (non-hydrogen) atoms. The zero-order valence-electron chi connectivity index (χ0n) is 12.9. The highest BCUT2D eigenvalue weighted by molar-refractivity contribution is 5.80. The smallest absolute Gasteiger partial charge is 0.224 e. The SMILES string of the molecule is O=C(NC(c1ccccc1)c1ccc(F)cc1)C1CC=CCC1. The number of benzene rings is 2. The van der Waals surface area contributed by atoms with Crippen LogP contribution in [-0.2, 0) is 4.79 Å². The Kier molecular flexibility index (Phi) is 4.86. The average molecular weight is 309 g/mol. The molecule has 1 aliphatic carbocycles. The fourth-order valence-corrected chi connectivity index (χ4v) is 2.95. The molecule has 0 aliphatic heterocycles. The van der Waals surface area contributed by atoms with Crippen molar-refractivity contribution in [2.75, 3.05) is 0 Å². The van der Waals surface area contributed by atoms with E-state index in [4.69, 9.17) is 0 Å². The lowest BCUT2D eigenvalue weighted by molar-refractivity contribution is -0.125. The maximum absolute atomic E-state index is 13.2. The third-order valence-corrected chi connectivity index (χ3v) is 4.26. The first-order chi connectivity index (χ1) is 11.2. The van der Waals surface area contributed by atoms with Gasteiger partial charge in [0.15, 0.2) is 0 Å². The number of hydrogen-bond acceptors (Lipinski definition) is 1. The molecule has 3 heteroatoms. The van der Waals surface area contributed by atoms with Crippen molar-refractivity contribution in [3.05, 3.63) is 83.7 Å². The second-order valence-corrected chi connectivity index (χ2v) is 5.89. The molecular weight excluding hydrogens is 289 g/mol. The van der Waals surface area contributed by atoms with Crippen molar-refractivity contribution < 1.29 is 9.18 Å². The standard InChI is InChI=1S/C20H20FNO/c21-18-13-11-16(12-14-18)19(15-7-3-1-4-8-15)22-20(23)17-9-5-2-6-10-17/h1-5,7-8,11-14,17,19H,6,9-10H2,(H,22,23). The summed E-state index contributed by atoms with van der Waals surface area (Å²) in [5.74, 6) is -0.191. The molecule has 2 aromatic carbocycles. The van der Waals surface area contributed by atoms with Crippen LogP contribution in [0.2, 0.25) is 0 Å². The van der Waals surface area contributed by atoms with Crippen molar-refractivity contribution in [2.24, 2.45) is 5.92 Å². The lowest BCUT2D eigenvalue weighted by atomic mass is 9.92. The van der Waals surface area contributed by atoms with Gasteiger partial charge < -0.3 is 5.32 Å². The normalized spacial score (nSPS) is 18.4. The Morgan fingerprint density at radius 3 is 2.35 bits per heavy atom. The summed E-state index contributed by atoms with van der Waals surface area (Å²) in [5.41, 5.74) is 1.89. The molecule has 0 saturated heterocycles. The largest absolute Gasteiger partial charge is 0.345 e. The minimum Gasteiger partial charge on any atom is -0.345 e. The van der Waals surface area contributed by atoms with Crippen LogP contribution in [-0.4, -0.2) is 5.91 Å². The Morgan fingerprint density at radius 2 is 1.70 bits per heavy atom. The second kappa shape index (κ2) is 7.23. The number of amides is 1. The third kappa shape index (κ3) is 3.86. The summed E-state index contributed by atoms with van der Waals surface area (Å²) < 4.78 is 13.2. The molecule has 2 aromatic rings. The molecule has 3 rings (SSSR count). The van der Waals surface area contributed by atoms with Gasteiger partial charge in [0.1, 0.15) is 5.82 Å². The average Bonchev–Trinajstić information content (AvgIpc) is 2.62. The number of allylic oxidation sites excluding steroid dienone is 2. The van der Waals surface area contributed by atoms with Crippen molar-refractivity contribution in [1.29, 1.82) is 0 Å². The van der Waals surface area contributed by atoms with E-state index in [0.717, 1.165) is 30.4 Å². The molecule has 1 aliphatic rings. The zero-order chi connectivity index (χ0) is 16.1. The van der Waals surface area contributed by atoms with Crippen LogP contribution in [0.1, 0.15) is 36.4 Å². The Labute approximate surface area is 136 Å². The summed E-state index contributed by atoms with van der Waals surface area (Å²) in [6.45, 7) is 0. The van der Waals surface area contributed by atoms with Gasteiger partial charge in [0.05, 0.1) is 6.04 Å². The molecule has 1 N–H and O–H groups in total. The van der Waals surface area contributed by atoms with E-state index in [-0.39, 0.29) is 23.7 Å². The Balaban J connectivity index is 1.84. The van der Waals surface area contributed by atoms with E-state index in [0.29, 0.717) is 0 Å². The van der Waals surface area contributed by atoms with Crippen LogP contribution in [0.3, 0.4) is 0 Å². The molecule has 0 radical (unpaired) electrons. The number of halogens is 1. The van der Waals surface area contributed by atoms with Gasteiger partial charge >= 0.3 is 0 Å². The van der Waals surface area contributed by atoms with Gasteiger partial charge in [-0.25, -0.2) is 4.39 Å². The van der Waals surface area contributed by atoms with Crippen molar-refractivity contribution in [3.63, 3.8) is 0 Å². The number of rotatable bonds is 4. The number of carbonyl (C=O) groups is 1. The van der Waals surface area contributed by atoms with E-state index >= 15 is 0 Å². The fourth-order valence-electron chi connectivity index (χ4n) is 2.95. The van der Waals surface area contributed by atoms with E-state index in [2.05, 4.69) is 17.5 Å². The topological polar surface area (TPSA) is 29.1 Å². The van der Waals surface area contributed by atoms with E-state index in [1.165, 1.54) is 12.1 Å². The van der Waals surface area contributed by atoms with Crippen LogP contribution in [0, 0.1) is 11.7 Å². The zero-order valence-corrected chi connectivity index (χ0v) is 12.9. The van der Waals surface area contributed by atoms with Crippen molar-refractivity contribution >= 4 is 5.91 Å². The molecule has 0 saturated carbocycles. The number of nitrogens with one attached hydrogen (secondary N) is 1. The van der Waals surface area contributed by atoms with Crippen molar-refractivity contribution in [1.82, 2.24) is 5.32 Å². The lowest BCUT2D eigenvalue weighted by Gasteiger charge is -2.24. The molecule has 2 unspecified atom stereocenters. The predicted molar refractivity (Wildman–Crippen MR) is 89.3 cm³/mol. The van der Waals surface area contributed by atoms with Crippen LogP contribution < -0.4 is 5.32 Å². The molecule has 0 heterocycles. The number of carbonyl (C=O) groups excluding carboxylic acids is 1. The molecule has 0 aromatic heterocycles. The number of hydrogen-bond donors (Lipinski definition) is 1. The molecule has 0 spiro atoms. The van der Waals surface area contributed by atoms with Crippen molar-refractivity contribution in [2.45, 2.75) is 25.3 Å². The van der Waals surface area contributed by atoms with E-state index in [1.54, 1.807) is 12.1 Å². The molecule has 0 fully saturated rings. The highest BCUT2D eigenvalue weighted by atomic mass is 19.1. The first kappa shape index (κ1) is 15.5. The summed E-state index contributed by atoms with van der Waals surface area (Å²) in [7, 11) is 0. The first-order valence-corrected chi connectivity index (χ1v) is 8.00. The Hall–Kier alpha value is -2.42. The highest BCUT2D eigenvalue weighted by Gasteiger charge is 2.23. The minimum absolute atomic E-state index is 0.0201. The highest BCUT2D eigenvalue weighted by Crippen LogP contribution is 2.25. The van der Waals surface area contributed by atoms with Gasteiger partial charge in [0, 0.05) is 5.92 Å². The van der Waals surface area contributed by atoms with Crippen LogP contribution in [0.25, 0.3) is 0 Å². The molecule has 2 nitrogen and oxygen atoms in total. The Morgan fingerprint density at radius 1 is 1.00 bits per heavy atom. The van der Waals surface area contributed by atoms with Gasteiger partial charge in [-0.05, 0) is 42.5 Å². The summed E-state index contributed by atoms with van der Waals surface area (Å²) >= 11 is 0. The molecular formula is C20H20FNO. The Bertz CT molecular complexity index is 679.